The molecule has 0 radical (unpaired) electrons. The SMILES string of the molecule is Cc1ccc(-c2nnc(C(F)F)n(CCc3cccs3)c2=O)cc1. The summed E-state index contributed by atoms with van der Waals surface area (Å²) in [6.07, 6.45) is -2.35. The average molecular weight is 347 g/mol. The first-order valence-corrected chi connectivity index (χ1v) is 8.29. The van der Waals surface area contributed by atoms with Gasteiger partial charge in [0.2, 0.25) is 5.82 Å². The smallest absolute Gasteiger partial charge is 0.288 e. The summed E-state index contributed by atoms with van der Waals surface area (Å²) in [5.41, 5.74) is 1.16. The van der Waals surface area contributed by atoms with E-state index in [2.05, 4.69) is 10.2 Å². The van der Waals surface area contributed by atoms with Gasteiger partial charge in [-0.25, -0.2) is 8.78 Å². The van der Waals surface area contributed by atoms with E-state index in [9.17, 15) is 13.6 Å². The van der Waals surface area contributed by atoms with E-state index in [1.807, 2.05) is 36.6 Å². The molecule has 1 aromatic carbocycles. The Morgan fingerprint density at radius 3 is 2.54 bits per heavy atom. The Balaban J connectivity index is 2.01. The third-order valence-corrected chi connectivity index (χ3v) is 4.60. The van der Waals surface area contributed by atoms with E-state index in [4.69, 9.17) is 0 Å². The summed E-state index contributed by atoms with van der Waals surface area (Å²) >= 11 is 1.53. The normalized spacial score (nSPS) is 11.2. The minimum Gasteiger partial charge on any atom is -0.288 e. The summed E-state index contributed by atoms with van der Waals surface area (Å²) in [4.78, 5) is 13.7. The van der Waals surface area contributed by atoms with Gasteiger partial charge in [-0.2, -0.15) is 0 Å². The highest BCUT2D eigenvalue weighted by molar-refractivity contribution is 7.09. The highest BCUT2D eigenvalue weighted by Crippen LogP contribution is 2.19. The van der Waals surface area contributed by atoms with Crippen LogP contribution in [0.4, 0.5) is 8.78 Å². The summed E-state index contributed by atoms with van der Waals surface area (Å²) in [5, 5.41) is 9.26. The molecule has 0 fully saturated rings. The van der Waals surface area contributed by atoms with Crippen LogP contribution in [0.2, 0.25) is 0 Å². The van der Waals surface area contributed by atoms with Crippen LogP contribution in [0.1, 0.15) is 22.7 Å². The van der Waals surface area contributed by atoms with Crippen LogP contribution >= 0.6 is 11.3 Å². The van der Waals surface area contributed by atoms with Gasteiger partial charge in [-0.3, -0.25) is 9.36 Å². The molecule has 0 atom stereocenters. The molecule has 0 aliphatic carbocycles. The van der Waals surface area contributed by atoms with E-state index in [0.717, 1.165) is 15.0 Å². The van der Waals surface area contributed by atoms with Crippen molar-refractivity contribution < 1.29 is 8.78 Å². The number of halogens is 2. The zero-order valence-corrected chi connectivity index (χ0v) is 13.8. The number of thiophene rings is 1. The van der Waals surface area contributed by atoms with E-state index in [1.54, 1.807) is 12.1 Å². The minimum atomic E-state index is -2.85. The maximum Gasteiger partial charge on any atom is 0.297 e. The number of aryl methyl sites for hydroxylation is 2. The third kappa shape index (κ3) is 3.41. The van der Waals surface area contributed by atoms with Crippen molar-refractivity contribution in [3.8, 4) is 11.3 Å². The molecule has 3 rings (SSSR count). The Morgan fingerprint density at radius 1 is 1.17 bits per heavy atom. The molecule has 2 aromatic heterocycles. The van der Waals surface area contributed by atoms with E-state index in [0.29, 0.717) is 12.0 Å². The van der Waals surface area contributed by atoms with Crippen LogP contribution in [-0.4, -0.2) is 14.8 Å². The van der Waals surface area contributed by atoms with Crippen molar-refractivity contribution in [2.45, 2.75) is 26.3 Å². The first-order chi connectivity index (χ1) is 11.6. The zero-order chi connectivity index (χ0) is 17.1. The molecule has 124 valence electrons. The molecular formula is C17H15F2N3OS. The van der Waals surface area contributed by atoms with Crippen molar-refractivity contribution in [2.75, 3.05) is 0 Å². The number of alkyl halides is 2. The summed E-state index contributed by atoms with van der Waals surface area (Å²) < 4.78 is 27.4. The average Bonchev–Trinajstić information content (AvgIpc) is 3.07. The largest absolute Gasteiger partial charge is 0.297 e. The zero-order valence-electron chi connectivity index (χ0n) is 12.9. The van der Waals surface area contributed by atoms with Crippen molar-refractivity contribution in [1.82, 2.24) is 14.8 Å². The second-order valence-electron chi connectivity index (χ2n) is 5.36. The lowest BCUT2D eigenvalue weighted by atomic mass is 10.1. The number of hydrogen-bond donors (Lipinski definition) is 0. The Hall–Kier alpha value is -2.41. The van der Waals surface area contributed by atoms with Gasteiger partial charge in [-0.15, -0.1) is 21.5 Å². The van der Waals surface area contributed by atoms with Gasteiger partial charge in [0.25, 0.3) is 12.0 Å². The molecule has 3 aromatic rings. The second kappa shape index (κ2) is 7.00. The molecule has 0 aliphatic rings. The number of benzene rings is 1. The monoisotopic (exact) mass is 347 g/mol. The van der Waals surface area contributed by atoms with E-state index < -0.39 is 17.8 Å². The Morgan fingerprint density at radius 2 is 1.92 bits per heavy atom. The van der Waals surface area contributed by atoms with Crippen molar-refractivity contribution in [3.05, 3.63) is 68.4 Å². The van der Waals surface area contributed by atoms with Crippen LogP contribution in [-0.2, 0) is 13.0 Å². The lowest BCUT2D eigenvalue weighted by Crippen LogP contribution is -2.29. The molecule has 0 bridgehead atoms. The molecule has 24 heavy (non-hydrogen) atoms. The summed E-state index contributed by atoms with van der Waals surface area (Å²) in [6, 6.07) is 11.0. The molecule has 0 saturated carbocycles. The van der Waals surface area contributed by atoms with Crippen molar-refractivity contribution >= 4 is 11.3 Å². The lowest BCUT2D eigenvalue weighted by molar-refractivity contribution is 0.131. The predicted octanol–water partition coefficient (Wildman–Crippen LogP) is 3.86. The molecule has 0 amide bonds. The summed E-state index contributed by atoms with van der Waals surface area (Å²) in [6.45, 7) is 2.07. The molecule has 2 heterocycles. The minimum absolute atomic E-state index is 0.0885. The fourth-order valence-electron chi connectivity index (χ4n) is 2.38. The van der Waals surface area contributed by atoms with E-state index >= 15 is 0 Å². The van der Waals surface area contributed by atoms with Gasteiger partial charge in [0.1, 0.15) is 0 Å². The van der Waals surface area contributed by atoms with Gasteiger partial charge < -0.3 is 0 Å². The highest BCUT2D eigenvalue weighted by atomic mass is 32.1. The molecule has 0 unspecified atom stereocenters. The standard InChI is InChI=1S/C17H15F2N3OS/c1-11-4-6-12(7-5-11)14-17(23)22(16(15(18)19)21-20-14)9-8-13-3-2-10-24-13/h2-7,10,15H,8-9H2,1H3. The first-order valence-electron chi connectivity index (χ1n) is 7.41. The summed E-state index contributed by atoms with van der Waals surface area (Å²) in [5.74, 6) is -0.590. The number of nitrogens with zero attached hydrogens (tertiary/aromatic N) is 3. The van der Waals surface area contributed by atoms with Gasteiger partial charge in [0.15, 0.2) is 5.69 Å². The van der Waals surface area contributed by atoms with Gasteiger partial charge in [0, 0.05) is 17.0 Å². The second-order valence-corrected chi connectivity index (χ2v) is 6.39. The van der Waals surface area contributed by atoms with Crippen LogP contribution in [0.3, 0.4) is 0 Å². The van der Waals surface area contributed by atoms with Gasteiger partial charge in [-0.1, -0.05) is 35.9 Å². The first kappa shape index (κ1) is 16.4. The van der Waals surface area contributed by atoms with Crippen LogP contribution in [0.25, 0.3) is 11.3 Å². The van der Waals surface area contributed by atoms with Gasteiger partial charge in [-0.05, 0) is 24.8 Å². The maximum atomic E-state index is 13.2. The molecule has 0 saturated heterocycles. The lowest BCUT2D eigenvalue weighted by Gasteiger charge is -2.12. The van der Waals surface area contributed by atoms with Gasteiger partial charge >= 0.3 is 0 Å². The number of hydrogen-bond acceptors (Lipinski definition) is 4. The fourth-order valence-corrected chi connectivity index (χ4v) is 3.08. The van der Waals surface area contributed by atoms with E-state index in [1.165, 1.54) is 11.3 Å². The van der Waals surface area contributed by atoms with Crippen molar-refractivity contribution in [1.29, 1.82) is 0 Å². The number of aromatic nitrogens is 3. The van der Waals surface area contributed by atoms with Gasteiger partial charge in [0.05, 0.1) is 0 Å². The third-order valence-electron chi connectivity index (χ3n) is 3.66. The van der Waals surface area contributed by atoms with Crippen LogP contribution in [0.15, 0.2) is 46.6 Å². The van der Waals surface area contributed by atoms with Crippen molar-refractivity contribution in [3.63, 3.8) is 0 Å². The Labute approximate surface area is 141 Å². The molecular weight excluding hydrogens is 332 g/mol. The molecule has 0 spiro atoms. The maximum absolute atomic E-state index is 13.2. The molecule has 0 aliphatic heterocycles. The highest BCUT2D eigenvalue weighted by Gasteiger charge is 2.20. The molecule has 0 N–H and O–H groups in total. The predicted molar refractivity (Wildman–Crippen MR) is 89.4 cm³/mol. The Kier molecular flexibility index (Phi) is 4.80. The topological polar surface area (TPSA) is 47.8 Å². The molecule has 4 nitrogen and oxygen atoms in total. The molecule has 7 heteroatoms. The fraction of sp³-hybridized carbons (Fsp3) is 0.235. The Bertz CT molecular complexity index is 874. The van der Waals surface area contributed by atoms with Crippen LogP contribution in [0, 0.1) is 6.92 Å². The quantitative estimate of drug-likeness (QED) is 0.704. The van der Waals surface area contributed by atoms with Crippen LogP contribution in [0.5, 0.6) is 0 Å². The van der Waals surface area contributed by atoms with Crippen LogP contribution < -0.4 is 5.56 Å². The summed E-state index contributed by atoms with van der Waals surface area (Å²) in [7, 11) is 0. The number of rotatable bonds is 5. The van der Waals surface area contributed by atoms with Crippen molar-refractivity contribution in [2.24, 2.45) is 0 Å². The van der Waals surface area contributed by atoms with E-state index in [-0.39, 0.29) is 12.2 Å².